The van der Waals surface area contributed by atoms with Gasteiger partial charge in [-0.25, -0.2) is 4.98 Å². The van der Waals surface area contributed by atoms with Crippen molar-refractivity contribution >= 4 is 0 Å². The van der Waals surface area contributed by atoms with E-state index in [0.717, 1.165) is 12.6 Å². The fourth-order valence-corrected chi connectivity index (χ4v) is 2.57. The van der Waals surface area contributed by atoms with Gasteiger partial charge in [-0.05, 0) is 0 Å². The number of imidazole rings is 1. The molecule has 0 amide bonds. The second kappa shape index (κ2) is 4.76. The summed E-state index contributed by atoms with van der Waals surface area (Å²) in [7, 11) is 2.07. The lowest BCUT2D eigenvalue weighted by atomic mass is 10.1. The van der Waals surface area contributed by atoms with Crippen LogP contribution >= 0.6 is 0 Å². The van der Waals surface area contributed by atoms with Gasteiger partial charge in [-0.2, -0.15) is 0 Å². The molecule has 2 aliphatic rings. The molecule has 0 aromatic carbocycles. The molecule has 94 valence electrons. The van der Waals surface area contributed by atoms with Gasteiger partial charge < -0.3 is 9.88 Å². The second-order valence-electron chi connectivity index (χ2n) is 5.08. The van der Waals surface area contributed by atoms with E-state index < -0.39 is 0 Å². The zero-order valence-electron chi connectivity index (χ0n) is 10.5. The Morgan fingerprint density at radius 2 is 2.06 bits per heavy atom. The summed E-state index contributed by atoms with van der Waals surface area (Å²) in [5.41, 5.74) is 0. The normalized spacial score (nSPS) is 23.8. The topological polar surface area (TPSA) is 36.3 Å². The average Bonchev–Trinajstić information content (AvgIpc) is 2.65. The summed E-state index contributed by atoms with van der Waals surface area (Å²) in [6.07, 6.45) is 3.90. The zero-order valence-corrected chi connectivity index (χ0v) is 10.5. The number of hydrogen-bond donors (Lipinski definition) is 1. The number of hydrogen-bond acceptors (Lipinski definition) is 4. The fourth-order valence-electron chi connectivity index (χ4n) is 2.57. The van der Waals surface area contributed by atoms with Crippen LogP contribution < -0.4 is 5.32 Å². The van der Waals surface area contributed by atoms with Crippen LogP contribution in [-0.4, -0.2) is 64.7 Å². The van der Waals surface area contributed by atoms with Crippen molar-refractivity contribution in [1.29, 1.82) is 0 Å². The summed E-state index contributed by atoms with van der Waals surface area (Å²) in [6.45, 7) is 8.10. The van der Waals surface area contributed by atoms with Gasteiger partial charge in [-0.3, -0.25) is 9.80 Å². The molecule has 0 bridgehead atoms. The Bertz CT molecular complexity index is 363. The number of aryl methyl sites for hydroxylation is 1. The van der Waals surface area contributed by atoms with Gasteiger partial charge in [-0.1, -0.05) is 0 Å². The third kappa shape index (κ3) is 2.36. The van der Waals surface area contributed by atoms with Crippen molar-refractivity contribution < 1.29 is 0 Å². The van der Waals surface area contributed by atoms with Crippen molar-refractivity contribution in [2.75, 3.05) is 39.3 Å². The van der Waals surface area contributed by atoms with Gasteiger partial charge in [0.1, 0.15) is 5.82 Å². The molecule has 2 saturated heterocycles. The van der Waals surface area contributed by atoms with E-state index in [4.69, 9.17) is 0 Å². The van der Waals surface area contributed by atoms with E-state index >= 15 is 0 Å². The highest BCUT2D eigenvalue weighted by molar-refractivity contribution is 4.93. The highest BCUT2D eigenvalue weighted by Crippen LogP contribution is 2.11. The minimum Gasteiger partial charge on any atom is -0.337 e. The van der Waals surface area contributed by atoms with Gasteiger partial charge >= 0.3 is 0 Å². The first-order chi connectivity index (χ1) is 8.33. The van der Waals surface area contributed by atoms with Crippen molar-refractivity contribution in [1.82, 2.24) is 24.7 Å². The van der Waals surface area contributed by atoms with Crippen LogP contribution in [0.15, 0.2) is 12.4 Å². The van der Waals surface area contributed by atoms with E-state index in [0.29, 0.717) is 0 Å². The Morgan fingerprint density at radius 1 is 1.29 bits per heavy atom. The number of rotatable bonds is 3. The third-order valence-corrected chi connectivity index (χ3v) is 3.97. The Hall–Kier alpha value is -0.910. The van der Waals surface area contributed by atoms with E-state index in [1.165, 1.54) is 45.1 Å². The quantitative estimate of drug-likeness (QED) is 0.767. The largest absolute Gasteiger partial charge is 0.337 e. The van der Waals surface area contributed by atoms with Gasteiger partial charge in [0.2, 0.25) is 0 Å². The monoisotopic (exact) mass is 235 g/mol. The molecular formula is C12H21N5. The number of piperazine rings is 1. The van der Waals surface area contributed by atoms with E-state index in [-0.39, 0.29) is 0 Å². The first kappa shape index (κ1) is 11.2. The molecule has 0 unspecified atom stereocenters. The van der Waals surface area contributed by atoms with Crippen molar-refractivity contribution in [3.8, 4) is 0 Å². The summed E-state index contributed by atoms with van der Waals surface area (Å²) >= 11 is 0. The van der Waals surface area contributed by atoms with E-state index in [2.05, 4.69) is 31.7 Å². The molecule has 1 aromatic rings. The Labute approximate surface area is 102 Å². The Kier molecular flexibility index (Phi) is 3.13. The highest BCUT2D eigenvalue weighted by atomic mass is 15.3. The summed E-state index contributed by atoms with van der Waals surface area (Å²) in [5.74, 6) is 1.17. The smallest absolute Gasteiger partial charge is 0.122 e. The maximum absolute atomic E-state index is 4.39. The van der Waals surface area contributed by atoms with Crippen LogP contribution in [0.1, 0.15) is 5.82 Å². The van der Waals surface area contributed by atoms with E-state index in [1.54, 1.807) is 0 Å². The lowest BCUT2D eigenvalue weighted by Crippen LogP contribution is -2.61. The predicted octanol–water partition coefficient (Wildman–Crippen LogP) is -0.490. The predicted molar refractivity (Wildman–Crippen MR) is 66.7 cm³/mol. The molecule has 0 atom stereocenters. The standard InChI is InChI=1S/C12H21N5/c1-15-3-2-14-12(15)10-16-4-6-17(7-5-16)11-8-13-9-11/h2-3,11,13H,4-10H2,1H3. The molecule has 2 fully saturated rings. The van der Waals surface area contributed by atoms with Crippen LogP contribution in [0.2, 0.25) is 0 Å². The maximum Gasteiger partial charge on any atom is 0.122 e. The lowest BCUT2D eigenvalue weighted by Gasteiger charge is -2.43. The number of nitrogens with one attached hydrogen (secondary N) is 1. The van der Waals surface area contributed by atoms with Gasteiger partial charge in [0.15, 0.2) is 0 Å². The summed E-state index contributed by atoms with van der Waals surface area (Å²) in [5, 5.41) is 3.34. The first-order valence-electron chi connectivity index (χ1n) is 6.46. The molecule has 5 nitrogen and oxygen atoms in total. The van der Waals surface area contributed by atoms with Gasteiger partial charge in [0, 0.05) is 64.8 Å². The molecule has 1 N–H and O–H groups in total. The van der Waals surface area contributed by atoms with Crippen LogP contribution in [0.4, 0.5) is 0 Å². The van der Waals surface area contributed by atoms with Gasteiger partial charge in [-0.15, -0.1) is 0 Å². The summed E-state index contributed by atoms with van der Waals surface area (Å²) in [4.78, 5) is 9.51. The highest BCUT2D eigenvalue weighted by Gasteiger charge is 2.27. The molecule has 0 saturated carbocycles. The van der Waals surface area contributed by atoms with Crippen molar-refractivity contribution in [3.63, 3.8) is 0 Å². The van der Waals surface area contributed by atoms with Crippen molar-refractivity contribution in [3.05, 3.63) is 18.2 Å². The zero-order chi connectivity index (χ0) is 11.7. The molecule has 0 spiro atoms. The minimum absolute atomic E-state index is 0.797. The Morgan fingerprint density at radius 3 is 2.59 bits per heavy atom. The van der Waals surface area contributed by atoms with Gasteiger partial charge in [0.05, 0.1) is 6.54 Å². The minimum atomic E-state index is 0.797. The Balaban J connectivity index is 1.49. The molecule has 0 aliphatic carbocycles. The SMILES string of the molecule is Cn1ccnc1CN1CCN(C2CNC2)CC1. The molecule has 1 aromatic heterocycles. The molecule has 3 heterocycles. The van der Waals surface area contributed by atoms with Crippen molar-refractivity contribution in [2.45, 2.75) is 12.6 Å². The van der Waals surface area contributed by atoms with E-state index in [1.807, 2.05) is 12.4 Å². The molecule has 3 rings (SSSR count). The first-order valence-corrected chi connectivity index (χ1v) is 6.46. The van der Waals surface area contributed by atoms with Gasteiger partial charge in [0.25, 0.3) is 0 Å². The summed E-state index contributed by atoms with van der Waals surface area (Å²) < 4.78 is 2.11. The van der Waals surface area contributed by atoms with Crippen LogP contribution in [0.3, 0.4) is 0 Å². The fraction of sp³-hybridized carbons (Fsp3) is 0.750. The molecule has 0 radical (unpaired) electrons. The molecule has 5 heteroatoms. The molecule has 2 aliphatic heterocycles. The third-order valence-electron chi connectivity index (χ3n) is 3.97. The number of nitrogens with zero attached hydrogens (tertiary/aromatic N) is 4. The van der Waals surface area contributed by atoms with Crippen LogP contribution in [0.25, 0.3) is 0 Å². The lowest BCUT2D eigenvalue weighted by molar-refractivity contribution is 0.0680. The molecule has 17 heavy (non-hydrogen) atoms. The summed E-state index contributed by atoms with van der Waals surface area (Å²) in [6, 6.07) is 0.797. The van der Waals surface area contributed by atoms with Crippen LogP contribution in [-0.2, 0) is 13.6 Å². The van der Waals surface area contributed by atoms with Crippen molar-refractivity contribution in [2.24, 2.45) is 7.05 Å². The molecular weight excluding hydrogens is 214 g/mol. The maximum atomic E-state index is 4.39. The van der Waals surface area contributed by atoms with Crippen LogP contribution in [0.5, 0.6) is 0 Å². The number of aromatic nitrogens is 2. The average molecular weight is 235 g/mol. The van der Waals surface area contributed by atoms with Crippen LogP contribution in [0, 0.1) is 0 Å². The van der Waals surface area contributed by atoms with E-state index in [9.17, 15) is 0 Å². The second-order valence-corrected chi connectivity index (χ2v) is 5.08.